The maximum atomic E-state index is 10.9. The topological polar surface area (TPSA) is 0 Å². The van der Waals surface area contributed by atoms with E-state index < -0.39 is 0 Å². The molecule has 0 saturated carbocycles. The third-order valence-electron chi connectivity index (χ3n) is 0.625. The first-order chi connectivity index (χ1) is 2.91. The average molecular weight is 88.1 g/mol. The molecule has 0 nitrogen and oxygen atoms in total. The molecule has 0 fully saturated rings. The third-order valence-corrected chi connectivity index (χ3v) is 0.625. The summed E-state index contributed by atoms with van der Waals surface area (Å²) in [7, 11) is 0. The summed E-state index contributed by atoms with van der Waals surface area (Å²) in [4.78, 5) is 0. The van der Waals surface area contributed by atoms with Crippen molar-refractivity contribution in [2.75, 3.05) is 0 Å². The molecule has 0 rings (SSSR count). The molecule has 0 amide bonds. The van der Waals surface area contributed by atoms with Crippen molar-refractivity contribution in [2.24, 2.45) is 0 Å². The summed E-state index contributed by atoms with van der Waals surface area (Å²) >= 11 is 0. The Morgan fingerprint density at radius 3 is 2.50 bits per heavy atom. The molecule has 0 aliphatic heterocycles. The fraction of sp³-hybridized carbons (Fsp3) is 0.800. The number of rotatable bonds is 3. The lowest BCUT2D eigenvalue weighted by Crippen LogP contribution is -1.66. The summed E-state index contributed by atoms with van der Waals surface area (Å²) in [5.41, 5.74) is 0. The highest BCUT2D eigenvalue weighted by Gasteiger charge is 1.80. The Bertz CT molecular complexity index is 15.9. The van der Waals surface area contributed by atoms with Crippen LogP contribution < -0.4 is 0 Å². The second-order valence-electron chi connectivity index (χ2n) is 1.24. The molecular weight excluding hydrogens is 79.1 g/mol. The van der Waals surface area contributed by atoms with Crippen LogP contribution in [0.15, 0.2) is 0 Å². The fourth-order valence-electron chi connectivity index (χ4n) is 0.244. The van der Waals surface area contributed by atoms with Crippen molar-refractivity contribution in [3.8, 4) is 0 Å². The average Bonchev–Trinajstić information content (AvgIpc) is 1.61. The SMILES string of the molecule is CCCC[C]F. The van der Waals surface area contributed by atoms with Crippen LogP contribution in [0.4, 0.5) is 4.39 Å². The normalized spacial score (nSPS) is 9.00. The van der Waals surface area contributed by atoms with Crippen LogP contribution in [0.25, 0.3) is 0 Å². The molecule has 0 aromatic heterocycles. The highest BCUT2D eigenvalue weighted by molar-refractivity contribution is 4.44. The summed E-state index contributed by atoms with van der Waals surface area (Å²) in [6, 6.07) is 0. The summed E-state index contributed by atoms with van der Waals surface area (Å²) in [6.07, 6.45) is 2.48. The van der Waals surface area contributed by atoms with Crippen molar-refractivity contribution < 1.29 is 4.39 Å². The standard InChI is InChI=1S/C5H9F/c1-2-3-4-5-6/h2-4H2,1H3. The molecule has 0 bridgehead atoms. The Hall–Kier alpha value is -0.0700. The first-order valence-corrected chi connectivity index (χ1v) is 2.25. The Labute approximate surface area is 38.4 Å². The zero-order valence-electron chi connectivity index (χ0n) is 4.00. The number of hydrogen-bond donors (Lipinski definition) is 0. The maximum Gasteiger partial charge on any atom is 0.185 e. The second kappa shape index (κ2) is 4.93. The highest BCUT2D eigenvalue weighted by Crippen LogP contribution is 1.96. The van der Waals surface area contributed by atoms with Crippen LogP contribution in [0.1, 0.15) is 26.2 Å². The van der Waals surface area contributed by atoms with E-state index in [9.17, 15) is 4.39 Å². The largest absolute Gasteiger partial charge is 0.236 e. The van der Waals surface area contributed by atoms with E-state index >= 15 is 0 Å². The van der Waals surface area contributed by atoms with E-state index in [2.05, 4.69) is 0 Å². The van der Waals surface area contributed by atoms with Crippen LogP contribution in [-0.2, 0) is 0 Å². The van der Waals surface area contributed by atoms with E-state index in [1.54, 1.807) is 6.67 Å². The molecule has 0 aliphatic rings. The predicted molar refractivity (Wildman–Crippen MR) is 23.9 cm³/mol. The van der Waals surface area contributed by atoms with Gasteiger partial charge in [-0.3, -0.25) is 0 Å². The van der Waals surface area contributed by atoms with Crippen molar-refractivity contribution >= 4 is 0 Å². The quantitative estimate of drug-likeness (QED) is 0.464. The minimum atomic E-state index is 0.497. The van der Waals surface area contributed by atoms with E-state index in [0.29, 0.717) is 6.42 Å². The van der Waals surface area contributed by atoms with Gasteiger partial charge in [-0.1, -0.05) is 19.8 Å². The highest BCUT2D eigenvalue weighted by atomic mass is 19.1. The summed E-state index contributed by atoms with van der Waals surface area (Å²) < 4.78 is 10.9. The Kier molecular flexibility index (Phi) is 4.87. The summed E-state index contributed by atoms with van der Waals surface area (Å²) in [5, 5.41) is 0. The molecular formula is C5H9F. The van der Waals surface area contributed by atoms with Gasteiger partial charge in [-0.2, -0.15) is 0 Å². The van der Waals surface area contributed by atoms with Gasteiger partial charge < -0.3 is 0 Å². The van der Waals surface area contributed by atoms with Gasteiger partial charge in [0.05, 0.1) is 0 Å². The minimum absolute atomic E-state index is 0.497. The molecule has 0 atom stereocenters. The fourth-order valence-corrected chi connectivity index (χ4v) is 0.244. The molecule has 0 aromatic carbocycles. The molecule has 0 unspecified atom stereocenters. The van der Waals surface area contributed by atoms with Crippen molar-refractivity contribution in [2.45, 2.75) is 26.2 Å². The zero-order chi connectivity index (χ0) is 4.83. The molecule has 0 spiro atoms. The van der Waals surface area contributed by atoms with E-state index in [1.807, 2.05) is 6.92 Å². The maximum absolute atomic E-state index is 10.9. The van der Waals surface area contributed by atoms with Gasteiger partial charge in [0.2, 0.25) is 0 Å². The van der Waals surface area contributed by atoms with Crippen LogP contribution in [0.2, 0.25) is 0 Å². The number of hydrogen-bond acceptors (Lipinski definition) is 0. The van der Waals surface area contributed by atoms with Gasteiger partial charge >= 0.3 is 0 Å². The van der Waals surface area contributed by atoms with Gasteiger partial charge in [-0.05, 0) is 6.42 Å². The van der Waals surface area contributed by atoms with Crippen LogP contribution in [0, 0.1) is 6.67 Å². The summed E-state index contributed by atoms with van der Waals surface area (Å²) in [5.74, 6) is 0. The van der Waals surface area contributed by atoms with E-state index in [4.69, 9.17) is 0 Å². The lowest BCUT2D eigenvalue weighted by Gasteiger charge is -1.82. The van der Waals surface area contributed by atoms with Crippen molar-refractivity contribution in [1.29, 1.82) is 0 Å². The van der Waals surface area contributed by atoms with Gasteiger partial charge in [0.15, 0.2) is 6.67 Å². The Morgan fingerprint density at radius 1 is 1.67 bits per heavy atom. The molecule has 0 saturated heterocycles. The van der Waals surface area contributed by atoms with Crippen molar-refractivity contribution in [3.05, 3.63) is 6.67 Å². The van der Waals surface area contributed by atoms with Crippen LogP contribution in [0.3, 0.4) is 0 Å². The van der Waals surface area contributed by atoms with Gasteiger partial charge in [-0.25, -0.2) is 4.39 Å². The molecule has 6 heavy (non-hydrogen) atoms. The molecule has 2 radical (unpaired) electrons. The molecule has 1 heteroatoms. The van der Waals surface area contributed by atoms with Crippen molar-refractivity contribution in [3.63, 3.8) is 0 Å². The first-order valence-electron chi connectivity index (χ1n) is 2.25. The van der Waals surface area contributed by atoms with E-state index in [0.717, 1.165) is 12.8 Å². The molecule has 0 aliphatic carbocycles. The minimum Gasteiger partial charge on any atom is -0.236 e. The Morgan fingerprint density at radius 2 is 2.33 bits per heavy atom. The molecule has 36 valence electrons. The van der Waals surface area contributed by atoms with Gasteiger partial charge in [0, 0.05) is 0 Å². The van der Waals surface area contributed by atoms with Gasteiger partial charge in [0.1, 0.15) is 0 Å². The smallest absolute Gasteiger partial charge is 0.185 e. The van der Waals surface area contributed by atoms with Gasteiger partial charge in [-0.15, -0.1) is 0 Å². The zero-order valence-corrected chi connectivity index (χ0v) is 4.00. The summed E-state index contributed by atoms with van der Waals surface area (Å²) in [6.45, 7) is 3.59. The molecule has 0 aromatic rings. The molecule has 0 heterocycles. The van der Waals surface area contributed by atoms with Crippen LogP contribution >= 0.6 is 0 Å². The molecule has 0 N–H and O–H groups in total. The van der Waals surface area contributed by atoms with Crippen LogP contribution in [0.5, 0.6) is 0 Å². The van der Waals surface area contributed by atoms with E-state index in [-0.39, 0.29) is 0 Å². The van der Waals surface area contributed by atoms with Crippen LogP contribution in [-0.4, -0.2) is 0 Å². The van der Waals surface area contributed by atoms with Crippen molar-refractivity contribution in [1.82, 2.24) is 0 Å². The third kappa shape index (κ3) is 3.93. The number of unbranched alkanes of at least 4 members (excludes halogenated alkanes) is 2. The van der Waals surface area contributed by atoms with Gasteiger partial charge in [0.25, 0.3) is 0 Å². The Balaban J connectivity index is 2.34. The number of halogens is 1. The first kappa shape index (κ1) is 5.93. The lowest BCUT2D eigenvalue weighted by atomic mass is 10.3. The van der Waals surface area contributed by atoms with E-state index in [1.165, 1.54) is 0 Å². The monoisotopic (exact) mass is 88.1 g/mol. The lowest BCUT2D eigenvalue weighted by molar-refractivity contribution is 0.557. The second-order valence-corrected chi connectivity index (χ2v) is 1.24. The predicted octanol–water partition coefficient (Wildman–Crippen LogP) is 2.18.